The number of nitrogens with zero attached hydrogens (tertiary/aromatic N) is 1. The Balaban J connectivity index is 1.58. The first kappa shape index (κ1) is 21.8. The van der Waals surface area contributed by atoms with Crippen molar-refractivity contribution in [3.63, 3.8) is 0 Å². The van der Waals surface area contributed by atoms with E-state index in [1.165, 1.54) is 35.0 Å². The minimum absolute atomic E-state index is 0.0781. The van der Waals surface area contributed by atoms with E-state index in [1.54, 1.807) is 0 Å². The van der Waals surface area contributed by atoms with E-state index in [0.29, 0.717) is 19.0 Å². The number of sulfonamides is 1. The van der Waals surface area contributed by atoms with Crippen LogP contribution in [0.15, 0.2) is 29.2 Å². The van der Waals surface area contributed by atoms with Gasteiger partial charge in [-0.25, -0.2) is 13.2 Å². The Morgan fingerprint density at radius 3 is 2.55 bits per heavy atom. The summed E-state index contributed by atoms with van der Waals surface area (Å²) >= 11 is 0. The van der Waals surface area contributed by atoms with Crippen LogP contribution in [-0.4, -0.2) is 50.3 Å². The molecule has 0 unspecified atom stereocenters. The lowest BCUT2D eigenvalue weighted by molar-refractivity contribution is -0.125. The van der Waals surface area contributed by atoms with E-state index in [9.17, 15) is 18.0 Å². The third-order valence-corrected chi connectivity index (χ3v) is 7.71. The standard InChI is InChI=1S/C21H30N2O5S/c1-16-8-3-4-11-19(16)22-20(24)15-28-21(25)17-9-7-10-18(14-17)29(26,27)23-12-5-2-6-13-23/h7,9-10,14,16,19H,2-6,8,11-13,15H2,1H3,(H,22,24)/t16-,19-/m1/s1. The lowest BCUT2D eigenvalue weighted by atomic mass is 9.86. The van der Waals surface area contributed by atoms with Crippen molar-refractivity contribution in [1.29, 1.82) is 0 Å². The summed E-state index contributed by atoms with van der Waals surface area (Å²) in [6.45, 7) is 2.74. The molecule has 1 aliphatic carbocycles. The van der Waals surface area contributed by atoms with Crippen LogP contribution in [0.1, 0.15) is 62.2 Å². The maximum absolute atomic E-state index is 12.8. The molecule has 1 aromatic rings. The molecule has 2 aliphatic rings. The normalized spacial score (nSPS) is 23.3. The van der Waals surface area contributed by atoms with Crippen molar-refractivity contribution < 1.29 is 22.7 Å². The molecule has 1 N–H and O–H groups in total. The Bertz CT molecular complexity index is 833. The Hall–Kier alpha value is -1.93. The summed E-state index contributed by atoms with van der Waals surface area (Å²) < 4.78 is 32.2. The first-order valence-corrected chi connectivity index (χ1v) is 11.9. The van der Waals surface area contributed by atoms with Gasteiger partial charge in [-0.05, 0) is 49.8 Å². The minimum atomic E-state index is -3.63. The number of amides is 1. The number of ether oxygens (including phenoxy) is 1. The highest BCUT2D eigenvalue weighted by Crippen LogP contribution is 2.24. The van der Waals surface area contributed by atoms with Crippen LogP contribution in [0.25, 0.3) is 0 Å². The highest BCUT2D eigenvalue weighted by atomic mass is 32.2. The van der Waals surface area contributed by atoms with Crippen molar-refractivity contribution in [3.8, 4) is 0 Å². The first-order chi connectivity index (χ1) is 13.9. The van der Waals surface area contributed by atoms with Crippen molar-refractivity contribution in [2.45, 2.75) is 62.8 Å². The summed E-state index contributed by atoms with van der Waals surface area (Å²) in [6.07, 6.45) is 7.01. The van der Waals surface area contributed by atoms with Crippen LogP contribution >= 0.6 is 0 Å². The summed E-state index contributed by atoms with van der Waals surface area (Å²) in [7, 11) is -3.63. The van der Waals surface area contributed by atoms with Gasteiger partial charge in [-0.3, -0.25) is 4.79 Å². The maximum Gasteiger partial charge on any atom is 0.338 e. The Labute approximate surface area is 172 Å². The van der Waals surface area contributed by atoms with Crippen LogP contribution in [0.3, 0.4) is 0 Å². The Kier molecular flexibility index (Phi) is 7.29. The smallest absolute Gasteiger partial charge is 0.338 e. The number of hydrogen-bond donors (Lipinski definition) is 1. The average Bonchev–Trinajstić information content (AvgIpc) is 2.74. The summed E-state index contributed by atoms with van der Waals surface area (Å²) in [5, 5.41) is 2.94. The van der Waals surface area contributed by atoms with E-state index < -0.39 is 16.0 Å². The molecule has 0 radical (unpaired) electrons. The molecule has 2 atom stereocenters. The number of benzene rings is 1. The summed E-state index contributed by atoms with van der Waals surface area (Å²) in [5.41, 5.74) is 0.127. The van der Waals surface area contributed by atoms with Gasteiger partial charge in [0.05, 0.1) is 10.5 Å². The maximum atomic E-state index is 12.8. The van der Waals surface area contributed by atoms with Gasteiger partial charge in [0.2, 0.25) is 10.0 Å². The molecule has 160 valence electrons. The van der Waals surface area contributed by atoms with Gasteiger partial charge in [0.1, 0.15) is 0 Å². The summed E-state index contributed by atoms with van der Waals surface area (Å²) in [4.78, 5) is 24.6. The molecule has 1 aromatic carbocycles. The first-order valence-electron chi connectivity index (χ1n) is 10.4. The van der Waals surface area contributed by atoms with Crippen molar-refractivity contribution >= 4 is 21.9 Å². The van der Waals surface area contributed by atoms with Crippen LogP contribution < -0.4 is 5.32 Å². The second kappa shape index (κ2) is 9.71. The van der Waals surface area contributed by atoms with Crippen LogP contribution in [-0.2, 0) is 19.6 Å². The van der Waals surface area contributed by atoms with Crippen LogP contribution in [0.2, 0.25) is 0 Å². The number of carbonyl (C=O) groups excluding carboxylic acids is 2. The van der Waals surface area contributed by atoms with E-state index in [0.717, 1.165) is 38.5 Å². The molecule has 0 bridgehead atoms. The quantitative estimate of drug-likeness (QED) is 0.712. The van der Waals surface area contributed by atoms with Gasteiger partial charge in [0, 0.05) is 19.1 Å². The monoisotopic (exact) mass is 422 g/mol. The van der Waals surface area contributed by atoms with Gasteiger partial charge in [-0.1, -0.05) is 32.3 Å². The zero-order valence-corrected chi connectivity index (χ0v) is 17.7. The molecule has 29 heavy (non-hydrogen) atoms. The van der Waals surface area contributed by atoms with E-state index in [2.05, 4.69) is 12.2 Å². The van der Waals surface area contributed by atoms with Crippen LogP contribution in [0, 0.1) is 5.92 Å². The molecule has 1 aliphatic heterocycles. The fourth-order valence-electron chi connectivity index (χ4n) is 4.03. The SMILES string of the molecule is C[C@@H]1CCCC[C@H]1NC(=O)COC(=O)c1cccc(S(=O)(=O)N2CCCCC2)c1. The van der Waals surface area contributed by atoms with E-state index in [1.807, 2.05) is 0 Å². The Morgan fingerprint density at radius 1 is 1.10 bits per heavy atom. The Morgan fingerprint density at radius 2 is 1.83 bits per heavy atom. The molecule has 0 aromatic heterocycles. The largest absolute Gasteiger partial charge is 0.452 e. The number of piperidine rings is 1. The van der Waals surface area contributed by atoms with E-state index in [4.69, 9.17) is 4.74 Å². The van der Waals surface area contributed by atoms with Gasteiger partial charge in [0.25, 0.3) is 5.91 Å². The zero-order chi connectivity index (χ0) is 20.9. The highest BCUT2D eigenvalue weighted by Gasteiger charge is 2.27. The number of nitrogens with one attached hydrogen (secondary N) is 1. The summed E-state index contributed by atoms with van der Waals surface area (Å²) in [6, 6.07) is 5.95. The van der Waals surface area contributed by atoms with Crippen molar-refractivity contribution in [2.24, 2.45) is 5.92 Å². The number of carbonyl (C=O) groups is 2. The predicted octanol–water partition coefficient (Wildman–Crippen LogP) is 2.71. The molecular weight excluding hydrogens is 392 g/mol. The van der Waals surface area contributed by atoms with Gasteiger partial charge >= 0.3 is 5.97 Å². The molecule has 2 fully saturated rings. The second-order valence-corrected chi connectivity index (χ2v) is 9.94. The fourth-order valence-corrected chi connectivity index (χ4v) is 5.59. The molecule has 3 rings (SSSR count). The van der Waals surface area contributed by atoms with Crippen molar-refractivity contribution in [3.05, 3.63) is 29.8 Å². The van der Waals surface area contributed by atoms with Gasteiger partial charge in [-0.2, -0.15) is 4.31 Å². The summed E-state index contributed by atoms with van der Waals surface area (Å²) in [5.74, 6) is -0.609. The van der Waals surface area contributed by atoms with Gasteiger partial charge in [0.15, 0.2) is 6.61 Å². The molecule has 7 nitrogen and oxygen atoms in total. The third-order valence-electron chi connectivity index (χ3n) is 5.81. The fraction of sp³-hybridized carbons (Fsp3) is 0.619. The van der Waals surface area contributed by atoms with E-state index >= 15 is 0 Å². The molecule has 1 amide bonds. The van der Waals surface area contributed by atoms with Crippen molar-refractivity contribution in [2.75, 3.05) is 19.7 Å². The molecular formula is C21H30N2O5S. The van der Waals surface area contributed by atoms with Crippen LogP contribution in [0.4, 0.5) is 0 Å². The number of hydrogen-bond acceptors (Lipinski definition) is 5. The molecule has 1 saturated carbocycles. The number of rotatable bonds is 6. The number of esters is 1. The zero-order valence-electron chi connectivity index (χ0n) is 16.9. The minimum Gasteiger partial charge on any atom is -0.452 e. The highest BCUT2D eigenvalue weighted by molar-refractivity contribution is 7.89. The molecule has 8 heteroatoms. The molecule has 1 saturated heterocycles. The molecule has 1 heterocycles. The lowest BCUT2D eigenvalue weighted by Gasteiger charge is -2.29. The predicted molar refractivity (Wildman–Crippen MR) is 109 cm³/mol. The van der Waals surface area contributed by atoms with Gasteiger partial charge in [-0.15, -0.1) is 0 Å². The van der Waals surface area contributed by atoms with Crippen LogP contribution in [0.5, 0.6) is 0 Å². The van der Waals surface area contributed by atoms with Crippen molar-refractivity contribution in [1.82, 2.24) is 9.62 Å². The van der Waals surface area contributed by atoms with E-state index in [-0.39, 0.29) is 29.0 Å². The molecule has 0 spiro atoms. The lowest BCUT2D eigenvalue weighted by Crippen LogP contribution is -2.42. The van der Waals surface area contributed by atoms with Gasteiger partial charge < -0.3 is 10.1 Å². The second-order valence-electron chi connectivity index (χ2n) is 8.00. The average molecular weight is 423 g/mol. The third kappa shape index (κ3) is 5.57. The topological polar surface area (TPSA) is 92.8 Å².